The van der Waals surface area contributed by atoms with Gasteiger partial charge in [-0.25, -0.2) is 9.37 Å². The summed E-state index contributed by atoms with van der Waals surface area (Å²) in [5, 5.41) is 0. The van der Waals surface area contributed by atoms with Crippen molar-refractivity contribution in [1.82, 2.24) is 4.98 Å². The Morgan fingerprint density at radius 1 is 1.55 bits per heavy atom. The molecule has 1 heterocycles. The van der Waals surface area contributed by atoms with Crippen LogP contribution in [0.5, 0.6) is 0 Å². The number of hydrogen-bond donors (Lipinski definition) is 2. The zero-order valence-corrected chi connectivity index (χ0v) is 6.20. The van der Waals surface area contributed by atoms with Gasteiger partial charge in [-0.2, -0.15) is 0 Å². The van der Waals surface area contributed by atoms with Crippen LogP contribution < -0.4 is 5.44 Å². The molecule has 11 heavy (non-hydrogen) atoms. The maximum Gasteiger partial charge on any atom is 0.377 e. The Balaban J connectivity index is 3.25. The molecule has 1 aromatic heterocycles. The molecule has 0 spiro atoms. The van der Waals surface area contributed by atoms with E-state index in [1.807, 2.05) is 0 Å². The second-order valence-electron chi connectivity index (χ2n) is 1.85. The topological polar surface area (TPSA) is 70.4 Å². The van der Waals surface area contributed by atoms with E-state index in [2.05, 4.69) is 4.98 Å². The van der Waals surface area contributed by atoms with Crippen molar-refractivity contribution in [2.75, 3.05) is 0 Å². The highest BCUT2D eigenvalue weighted by Crippen LogP contribution is 2.32. The fraction of sp³-hybridized carbons (Fsp3) is 0. The van der Waals surface area contributed by atoms with Gasteiger partial charge < -0.3 is 9.79 Å². The molecule has 0 saturated heterocycles. The lowest BCUT2D eigenvalue weighted by atomic mass is 10.5. The maximum atomic E-state index is 12.5. The van der Waals surface area contributed by atoms with Gasteiger partial charge in [-0.05, 0) is 12.1 Å². The molecular weight excluding hydrogens is 172 g/mol. The largest absolute Gasteiger partial charge is 0.377 e. The summed E-state index contributed by atoms with van der Waals surface area (Å²) in [6.45, 7) is 0. The van der Waals surface area contributed by atoms with Gasteiger partial charge in [0, 0.05) is 6.20 Å². The summed E-state index contributed by atoms with van der Waals surface area (Å²) in [5.74, 6) is -0.985. The molecule has 60 valence electrons. The summed E-state index contributed by atoms with van der Waals surface area (Å²) in [5.41, 5.74) is -0.806. The molecule has 0 saturated carbocycles. The van der Waals surface area contributed by atoms with Crippen LogP contribution in [0.3, 0.4) is 0 Å². The van der Waals surface area contributed by atoms with Crippen LogP contribution in [-0.4, -0.2) is 14.8 Å². The summed E-state index contributed by atoms with van der Waals surface area (Å²) in [6, 6.07) is 2.20. The lowest BCUT2D eigenvalue weighted by Gasteiger charge is -2.01. The van der Waals surface area contributed by atoms with Crippen molar-refractivity contribution < 1.29 is 18.7 Å². The summed E-state index contributed by atoms with van der Waals surface area (Å²) >= 11 is 0. The van der Waals surface area contributed by atoms with Crippen molar-refractivity contribution in [2.45, 2.75) is 0 Å². The van der Waals surface area contributed by atoms with Gasteiger partial charge in [0.25, 0.3) is 0 Å². The summed E-state index contributed by atoms with van der Waals surface area (Å²) in [4.78, 5) is 20.2. The molecular formula is C5H5FNO3P. The molecule has 0 aliphatic rings. The molecule has 0 amide bonds. The van der Waals surface area contributed by atoms with Crippen molar-refractivity contribution in [1.29, 1.82) is 0 Å². The molecule has 1 rings (SSSR count). The third-order valence-corrected chi connectivity index (χ3v) is 1.90. The summed E-state index contributed by atoms with van der Waals surface area (Å²) in [6.07, 6.45) is 1.12. The Morgan fingerprint density at radius 3 is 2.55 bits per heavy atom. The van der Waals surface area contributed by atoms with Crippen molar-refractivity contribution in [3.63, 3.8) is 0 Å². The molecule has 0 aliphatic heterocycles. The van der Waals surface area contributed by atoms with Crippen LogP contribution in [0.25, 0.3) is 0 Å². The first-order valence-electron chi connectivity index (χ1n) is 2.68. The monoisotopic (exact) mass is 177 g/mol. The second-order valence-corrected chi connectivity index (χ2v) is 3.36. The normalized spacial score (nSPS) is 11.5. The Labute approximate surface area is 61.9 Å². The minimum atomic E-state index is -4.54. The number of aromatic nitrogens is 1. The van der Waals surface area contributed by atoms with E-state index in [0.29, 0.717) is 0 Å². The minimum absolute atomic E-state index is 0.806. The first-order valence-corrected chi connectivity index (χ1v) is 4.29. The van der Waals surface area contributed by atoms with Crippen LogP contribution in [0.1, 0.15) is 0 Å². The summed E-state index contributed by atoms with van der Waals surface area (Å²) in [7, 11) is -4.54. The Kier molecular flexibility index (Phi) is 2.04. The molecule has 0 fully saturated rings. The average molecular weight is 177 g/mol. The predicted octanol–water partition coefficient (Wildman–Crippen LogP) is 0.0237. The SMILES string of the molecule is O=P(O)(O)c1ncccc1F. The summed E-state index contributed by atoms with van der Waals surface area (Å²) < 4.78 is 23.0. The predicted molar refractivity (Wildman–Crippen MR) is 35.9 cm³/mol. The van der Waals surface area contributed by atoms with Gasteiger partial charge >= 0.3 is 7.60 Å². The number of rotatable bonds is 1. The number of pyridine rings is 1. The third kappa shape index (κ3) is 1.83. The Morgan fingerprint density at radius 2 is 2.18 bits per heavy atom. The van der Waals surface area contributed by atoms with Crippen LogP contribution in [0, 0.1) is 5.82 Å². The zero-order chi connectivity index (χ0) is 8.48. The fourth-order valence-electron chi connectivity index (χ4n) is 0.592. The molecule has 1 aromatic rings. The standard InChI is InChI=1S/C5H5FNO3P/c6-4-2-1-3-7-5(4)11(8,9)10/h1-3H,(H2,8,9,10). The lowest BCUT2D eigenvalue weighted by molar-refractivity contribution is 0.384. The molecule has 0 radical (unpaired) electrons. The van der Waals surface area contributed by atoms with Gasteiger partial charge in [0.1, 0.15) is 0 Å². The average Bonchev–Trinajstić information content (AvgIpc) is 1.86. The minimum Gasteiger partial charge on any atom is -0.320 e. The van der Waals surface area contributed by atoms with Crippen LogP contribution in [-0.2, 0) is 4.57 Å². The van der Waals surface area contributed by atoms with E-state index in [4.69, 9.17) is 9.79 Å². The van der Waals surface area contributed by atoms with Gasteiger partial charge in [-0.3, -0.25) is 4.57 Å². The molecule has 0 bridgehead atoms. The zero-order valence-electron chi connectivity index (χ0n) is 5.31. The van der Waals surface area contributed by atoms with Gasteiger partial charge in [0.05, 0.1) is 0 Å². The van der Waals surface area contributed by atoms with Gasteiger partial charge in [-0.15, -0.1) is 0 Å². The highest BCUT2D eigenvalue weighted by molar-refractivity contribution is 7.60. The van der Waals surface area contributed by atoms with E-state index < -0.39 is 18.8 Å². The fourth-order valence-corrected chi connectivity index (χ4v) is 1.16. The molecule has 0 atom stereocenters. The molecule has 0 aromatic carbocycles. The third-order valence-electron chi connectivity index (χ3n) is 1.01. The second kappa shape index (κ2) is 2.70. The number of hydrogen-bond acceptors (Lipinski definition) is 2. The van der Waals surface area contributed by atoms with Gasteiger partial charge in [0.15, 0.2) is 11.3 Å². The Hall–Kier alpha value is -0.770. The maximum absolute atomic E-state index is 12.5. The Bertz CT molecular complexity index is 310. The van der Waals surface area contributed by atoms with E-state index in [1.54, 1.807) is 0 Å². The number of nitrogens with zero attached hydrogens (tertiary/aromatic N) is 1. The van der Waals surface area contributed by atoms with Crippen molar-refractivity contribution in [3.8, 4) is 0 Å². The molecule has 4 nitrogen and oxygen atoms in total. The molecule has 0 aliphatic carbocycles. The molecule has 0 unspecified atom stereocenters. The van der Waals surface area contributed by atoms with E-state index in [1.165, 1.54) is 6.07 Å². The van der Waals surface area contributed by atoms with Crippen molar-refractivity contribution in [2.24, 2.45) is 0 Å². The highest BCUT2D eigenvalue weighted by atomic mass is 31.2. The van der Waals surface area contributed by atoms with Crippen molar-refractivity contribution in [3.05, 3.63) is 24.1 Å². The van der Waals surface area contributed by atoms with E-state index >= 15 is 0 Å². The smallest absolute Gasteiger partial charge is 0.320 e. The van der Waals surface area contributed by atoms with Crippen LogP contribution in [0.4, 0.5) is 4.39 Å². The number of halogens is 1. The quantitative estimate of drug-likeness (QED) is 0.593. The van der Waals surface area contributed by atoms with E-state index in [-0.39, 0.29) is 0 Å². The lowest BCUT2D eigenvalue weighted by Crippen LogP contribution is -2.12. The highest BCUT2D eigenvalue weighted by Gasteiger charge is 2.22. The first kappa shape index (κ1) is 8.33. The van der Waals surface area contributed by atoms with Crippen molar-refractivity contribution >= 4 is 13.0 Å². The van der Waals surface area contributed by atoms with Crippen LogP contribution >= 0.6 is 7.60 Å². The van der Waals surface area contributed by atoms with E-state index in [0.717, 1.165) is 12.3 Å². The van der Waals surface area contributed by atoms with Gasteiger partial charge in [-0.1, -0.05) is 0 Å². The van der Waals surface area contributed by atoms with Crippen LogP contribution in [0.15, 0.2) is 18.3 Å². The van der Waals surface area contributed by atoms with E-state index in [9.17, 15) is 8.96 Å². The first-order chi connectivity index (χ1) is 5.02. The molecule has 6 heteroatoms. The van der Waals surface area contributed by atoms with Crippen LogP contribution in [0.2, 0.25) is 0 Å². The molecule has 2 N–H and O–H groups in total. The van der Waals surface area contributed by atoms with Gasteiger partial charge in [0.2, 0.25) is 0 Å².